The fraction of sp³-hybridized carbons (Fsp3) is 0.444. The average Bonchev–Trinajstić information content (AvgIpc) is 3.24. The van der Waals surface area contributed by atoms with E-state index in [1.54, 1.807) is 23.4 Å². The zero-order valence-corrected chi connectivity index (χ0v) is 14.5. The van der Waals surface area contributed by atoms with Gasteiger partial charge in [0, 0.05) is 32.0 Å². The number of anilines is 2. The van der Waals surface area contributed by atoms with Crippen molar-refractivity contribution in [2.24, 2.45) is 0 Å². The molecule has 4 heterocycles. The molecule has 0 aromatic carbocycles. The van der Waals surface area contributed by atoms with Gasteiger partial charge in [0.05, 0.1) is 18.8 Å². The lowest BCUT2D eigenvalue weighted by molar-refractivity contribution is -0.0157. The van der Waals surface area contributed by atoms with Gasteiger partial charge in [-0.25, -0.2) is 19.7 Å². The van der Waals surface area contributed by atoms with E-state index in [4.69, 9.17) is 4.74 Å². The third kappa shape index (κ3) is 3.75. The van der Waals surface area contributed by atoms with E-state index in [2.05, 4.69) is 25.2 Å². The van der Waals surface area contributed by atoms with Crippen molar-refractivity contribution in [3.8, 4) is 0 Å². The van der Waals surface area contributed by atoms with Crippen LogP contribution in [0.3, 0.4) is 0 Å². The normalized spacial score (nSPS) is 20.2. The Hall–Kier alpha value is -2.74. The molecule has 0 bridgehead atoms. The Balaban J connectivity index is 1.43. The SMILES string of the molecule is O=C(Nc1ccccn1)N1CCOC(c2ccnc(N3CCCC3)n2)C1. The topological polar surface area (TPSA) is 83.5 Å². The van der Waals surface area contributed by atoms with Crippen LogP contribution in [-0.4, -0.2) is 58.7 Å². The standard InChI is InChI=1S/C18H22N6O2/c25-18(22-16-5-1-2-7-19-16)24-11-12-26-15(13-24)14-6-8-20-17(21-14)23-9-3-4-10-23/h1-2,5-8,15H,3-4,9-13H2,(H,19,22,25). The Morgan fingerprint density at radius 3 is 2.81 bits per heavy atom. The number of aromatic nitrogens is 3. The number of rotatable bonds is 3. The maximum Gasteiger partial charge on any atom is 0.323 e. The third-order valence-electron chi connectivity index (χ3n) is 4.64. The zero-order chi connectivity index (χ0) is 17.8. The lowest BCUT2D eigenvalue weighted by Gasteiger charge is -2.32. The van der Waals surface area contributed by atoms with Crippen LogP contribution in [0.4, 0.5) is 16.6 Å². The molecule has 2 fully saturated rings. The van der Waals surface area contributed by atoms with Crippen LogP contribution in [0.2, 0.25) is 0 Å². The minimum absolute atomic E-state index is 0.175. The van der Waals surface area contributed by atoms with Gasteiger partial charge in [0.15, 0.2) is 0 Å². The molecule has 26 heavy (non-hydrogen) atoms. The lowest BCUT2D eigenvalue weighted by atomic mass is 10.2. The summed E-state index contributed by atoms with van der Waals surface area (Å²) in [5.41, 5.74) is 0.817. The Morgan fingerprint density at radius 2 is 2.00 bits per heavy atom. The number of hydrogen-bond acceptors (Lipinski definition) is 6. The summed E-state index contributed by atoms with van der Waals surface area (Å²) < 4.78 is 5.87. The van der Waals surface area contributed by atoms with E-state index in [0.717, 1.165) is 24.7 Å². The van der Waals surface area contributed by atoms with E-state index in [9.17, 15) is 4.79 Å². The number of nitrogens with one attached hydrogen (secondary N) is 1. The number of ether oxygens (including phenoxy) is 1. The van der Waals surface area contributed by atoms with Crippen molar-refractivity contribution in [1.29, 1.82) is 0 Å². The van der Waals surface area contributed by atoms with Gasteiger partial charge in [-0.2, -0.15) is 0 Å². The number of urea groups is 1. The molecule has 2 aromatic rings. The van der Waals surface area contributed by atoms with Gasteiger partial charge in [0.2, 0.25) is 5.95 Å². The summed E-state index contributed by atoms with van der Waals surface area (Å²) >= 11 is 0. The number of pyridine rings is 1. The summed E-state index contributed by atoms with van der Waals surface area (Å²) in [6.45, 7) is 3.46. The predicted octanol–water partition coefficient (Wildman–Crippen LogP) is 2.08. The second-order valence-corrected chi connectivity index (χ2v) is 6.43. The van der Waals surface area contributed by atoms with Gasteiger partial charge in [-0.1, -0.05) is 6.07 Å². The largest absolute Gasteiger partial charge is 0.368 e. The van der Waals surface area contributed by atoms with Gasteiger partial charge in [-0.3, -0.25) is 5.32 Å². The Morgan fingerprint density at radius 1 is 1.12 bits per heavy atom. The predicted molar refractivity (Wildman–Crippen MR) is 97.0 cm³/mol. The number of nitrogens with zero attached hydrogens (tertiary/aromatic N) is 5. The molecular formula is C18H22N6O2. The number of morpholine rings is 1. The maximum atomic E-state index is 12.5. The Bertz CT molecular complexity index is 750. The fourth-order valence-electron chi connectivity index (χ4n) is 3.25. The van der Waals surface area contributed by atoms with Crippen LogP contribution < -0.4 is 10.2 Å². The molecule has 4 rings (SSSR count). The number of hydrogen-bond donors (Lipinski definition) is 1. The molecule has 2 aliphatic rings. The molecule has 136 valence electrons. The van der Waals surface area contributed by atoms with Crippen LogP contribution in [0.5, 0.6) is 0 Å². The zero-order valence-electron chi connectivity index (χ0n) is 14.5. The van der Waals surface area contributed by atoms with Crippen molar-refractivity contribution in [3.05, 3.63) is 42.4 Å². The number of carbonyl (C=O) groups excluding carboxylic acids is 1. The molecule has 1 N–H and O–H groups in total. The first-order valence-electron chi connectivity index (χ1n) is 8.96. The number of amides is 2. The van der Waals surface area contributed by atoms with Gasteiger partial charge < -0.3 is 14.5 Å². The molecule has 2 aromatic heterocycles. The highest BCUT2D eigenvalue weighted by Gasteiger charge is 2.27. The summed E-state index contributed by atoms with van der Waals surface area (Å²) in [7, 11) is 0. The monoisotopic (exact) mass is 354 g/mol. The second-order valence-electron chi connectivity index (χ2n) is 6.43. The van der Waals surface area contributed by atoms with Gasteiger partial charge in [-0.05, 0) is 31.0 Å². The highest BCUT2D eigenvalue weighted by Crippen LogP contribution is 2.23. The lowest BCUT2D eigenvalue weighted by Crippen LogP contribution is -2.44. The quantitative estimate of drug-likeness (QED) is 0.909. The van der Waals surface area contributed by atoms with Crippen LogP contribution in [-0.2, 0) is 4.74 Å². The molecule has 1 atom stereocenters. The first-order chi connectivity index (χ1) is 12.8. The molecule has 0 spiro atoms. The van der Waals surface area contributed by atoms with Crippen molar-refractivity contribution in [2.75, 3.05) is 43.0 Å². The van der Waals surface area contributed by atoms with Crippen molar-refractivity contribution in [1.82, 2.24) is 19.9 Å². The van der Waals surface area contributed by atoms with E-state index in [-0.39, 0.29) is 12.1 Å². The molecule has 0 radical (unpaired) electrons. The van der Waals surface area contributed by atoms with Gasteiger partial charge >= 0.3 is 6.03 Å². The van der Waals surface area contributed by atoms with Gasteiger partial charge in [0.25, 0.3) is 0 Å². The van der Waals surface area contributed by atoms with Crippen LogP contribution in [0.1, 0.15) is 24.6 Å². The van der Waals surface area contributed by atoms with Crippen molar-refractivity contribution < 1.29 is 9.53 Å². The van der Waals surface area contributed by atoms with E-state index >= 15 is 0 Å². The summed E-state index contributed by atoms with van der Waals surface area (Å²) in [4.78, 5) is 29.6. The highest BCUT2D eigenvalue weighted by molar-refractivity contribution is 5.88. The molecule has 0 aliphatic carbocycles. The van der Waals surface area contributed by atoms with E-state index in [1.165, 1.54) is 12.8 Å². The fourth-order valence-corrected chi connectivity index (χ4v) is 3.25. The smallest absolute Gasteiger partial charge is 0.323 e. The highest BCUT2D eigenvalue weighted by atomic mass is 16.5. The molecule has 0 saturated carbocycles. The van der Waals surface area contributed by atoms with Crippen LogP contribution >= 0.6 is 0 Å². The summed E-state index contributed by atoms with van der Waals surface area (Å²) in [5, 5.41) is 2.82. The minimum atomic E-state index is -0.248. The van der Waals surface area contributed by atoms with E-state index in [1.807, 2.05) is 18.2 Å². The minimum Gasteiger partial charge on any atom is -0.368 e. The van der Waals surface area contributed by atoms with Crippen molar-refractivity contribution >= 4 is 17.8 Å². The third-order valence-corrected chi connectivity index (χ3v) is 4.64. The summed E-state index contributed by atoms with van der Waals surface area (Å²) in [6, 6.07) is 7.11. The molecule has 8 nitrogen and oxygen atoms in total. The molecule has 2 amide bonds. The molecule has 2 aliphatic heterocycles. The number of carbonyl (C=O) groups is 1. The van der Waals surface area contributed by atoms with Crippen LogP contribution in [0.15, 0.2) is 36.7 Å². The van der Waals surface area contributed by atoms with E-state index in [0.29, 0.717) is 25.5 Å². The first kappa shape index (κ1) is 16.7. The molecule has 8 heteroatoms. The van der Waals surface area contributed by atoms with Crippen LogP contribution in [0, 0.1) is 0 Å². The Kier molecular flexibility index (Phi) is 4.92. The van der Waals surface area contributed by atoms with Crippen molar-refractivity contribution in [3.63, 3.8) is 0 Å². The summed E-state index contributed by atoms with van der Waals surface area (Å²) in [6.07, 6.45) is 5.52. The Labute approximate surface area is 152 Å². The van der Waals surface area contributed by atoms with Crippen LogP contribution in [0.25, 0.3) is 0 Å². The molecular weight excluding hydrogens is 332 g/mol. The van der Waals surface area contributed by atoms with Crippen molar-refractivity contribution in [2.45, 2.75) is 18.9 Å². The molecule has 2 saturated heterocycles. The first-order valence-corrected chi connectivity index (χ1v) is 8.96. The van der Waals surface area contributed by atoms with Gasteiger partial charge in [0.1, 0.15) is 11.9 Å². The maximum absolute atomic E-state index is 12.5. The summed E-state index contributed by atoms with van der Waals surface area (Å²) in [5.74, 6) is 1.29. The molecule has 1 unspecified atom stereocenters. The van der Waals surface area contributed by atoms with E-state index < -0.39 is 0 Å². The average molecular weight is 354 g/mol. The second kappa shape index (κ2) is 7.65. The van der Waals surface area contributed by atoms with Gasteiger partial charge in [-0.15, -0.1) is 0 Å².